The number of fused-ring (bicyclic) bond motifs is 1. The predicted molar refractivity (Wildman–Crippen MR) is 184 cm³/mol. The van der Waals surface area contributed by atoms with Crippen LogP contribution in [0.5, 0.6) is 0 Å². The standard InChI is InChI=1S/C37H44N4O3S/c1-37(2,38)21-10-17-34(42)40(3)33(25-28-18-19-29-14-8-9-15-30(29)24-28)36(44)41(4)32(26-31-16-11-23-45-31)35(43)39-22-20-27-12-6-5-7-13-27/h5-19,23-24,32-33H,20-22,25-26,38H2,1-4H3,(H,39,43)/t32-,33-/m1/s1. The fourth-order valence-corrected chi connectivity index (χ4v) is 5.96. The van der Waals surface area contributed by atoms with Gasteiger partial charge in [0.15, 0.2) is 0 Å². The topological polar surface area (TPSA) is 95.7 Å². The Hall–Kier alpha value is -4.27. The molecule has 1 heterocycles. The van der Waals surface area contributed by atoms with Crippen molar-refractivity contribution in [2.24, 2.45) is 5.73 Å². The quantitative estimate of drug-likeness (QED) is 0.184. The normalized spacial score (nSPS) is 13.0. The van der Waals surface area contributed by atoms with Crippen molar-refractivity contribution in [2.75, 3.05) is 20.6 Å². The highest BCUT2D eigenvalue weighted by atomic mass is 32.1. The molecule has 0 aliphatic rings. The number of nitrogens with two attached hydrogens (primary N) is 1. The first-order valence-electron chi connectivity index (χ1n) is 15.3. The molecular weight excluding hydrogens is 580 g/mol. The molecule has 0 fully saturated rings. The third-order valence-corrected chi connectivity index (χ3v) is 8.79. The summed E-state index contributed by atoms with van der Waals surface area (Å²) in [5.74, 6) is -0.820. The summed E-state index contributed by atoms with van der Waals surface area (Å²) in [5.41, 5.74) is 7.69. The molecular formula is C37H44N4O3S. The molecule has 0 aliphatic heterocycles. The van der Waals surface area contributed by atoms with E-state index in [4.69, 9.17) is 5.73 Å². The maximum atomic E-state index is 14.4. The van der Waals surface area contributed by atoms with Gasteiger partial charge in [-0.3, -0.25) is 14.4 Å². The lowest BCUT2D eigenvalue weighted by atomic mass is 9.99. The highest BCUT2D eigenvalue weighted by molar-refractivity contribution is 7.09. The molecule has 0 bridgehead atoms. The van der Waals surface area contributed by atoms with Gasteiger partial charge in [0.2, 0.25) is 17.7 Å². The molecule has 8 heteroatoms. The molecule has 236 valence electrons. The van der Waals surface area contributed by atoms with Crippen LogP contribution in [-0.4, -0.2) is 65.8 Å². The van der Waals surface area contributed by atoms with Crippen LogP contribution >= 0.6 is 11.3 Å². The van der Waals surface area contributed by atoms with Gasteiger partial charge in [-0.05, 0) is 66.1 Å². The van der Waals surface area contributed by atoms with E-state index in [1.807, 2.05) is 98.1 Å². The van der Waals surface area contributed by atoms with Crippen LogP contribution in [0.25, 0.3) is 10.8 Å². The van der Waals surface area contributed by atoms with Gasteiger partial charge in [-0.25, -0.2) is 0 Å². The van der Waals surface area contributed by atoms with Crippen molar-refractivity contribution in [1.82, 2.24) is 15.1 Å². The molecule has 3 aromatic carbocycles. The molecule has 4 aromatic rings. The number of hydrogen-bond donors (Lipinski definition) is 2. The first kappa shape index (κ1) is 33.6. The third kappa shape index (κ3) is 9.86. The molecule has 0 unspecified atom stereocenters. The lowest BCUT2D eigenvalue weighted by Gasteiger charge is -2.34. The second kappa shape index (κ2) is 15.6. The lowest BCUT2D eigenvalue weighted by Crippen LogP contribution is -2.56. The fraction of sp³-hybridized carbons (Fsp3) is 0.324. The summed E-state index contributed by atoms with van der Waals surface area (Å²) in [6.45, 7) is 4.24. The first-order chi connectivity index (χ1) is 21.5. The Bertz CT molecular complexity index is 1590. The van der Waals surface area contributed by atoms with Crippen molar-refractivity contribution in [3.63, 3.8) is 0 Å². The van der Waals surface area contributed by atoms with Crippen molar-refractivity contribution in [2.45, 2.75) is 57.2 Å². The summed E-state index contributed by atoms with van der Waals surface area (Å²) in [7, 11) is 3.31. The zero-order chi connectivity index (χ0) is 32.4. The van der Waals surface area contributed by atoms with Crippen molar-refractivity contribution in [3.05, 3.63) is 118 Å². The minimum Gasteiger partial charge on any atom is -0.354 e. The molecule has 3 N–H and O–H groups in total. The Morgan fingerprint density at radius 1 is 0.844 bits per heavy atom. The largest absolute Gasteiger partial charge is 0.354 e. The number of nitrogens with zero attached hydrogens (tertiary/aromatic N) is 2. The first-order valence-corrected chi connectivity index (χ1v) is 16.2. The molecule has 4 rings (SSSR count). The van der Waals surface area contributed by atoms with Crippen LogP contribution in [0.15, 0.2) is 102 Å². The van der Waals surface area contributed by atoms with Crippen LogP contribution in [0.3, 0.4) is 0 Å². The van der Waals surface area contributed by atoms with Gasteiger partial charge < -0.3 is 20.9 Å². The summed E-state index contributed by atoms with van der Waals surface area (Å²) >= 11 is 1.55. The van der Waals surface area contributed by atoms with E-state index in [2.05, 4.69) is 11.4 Å². The molecule has 1 aromatic heterocycles. The van der Waals surface area contributed by atoms with Crippen molar-refractivity contribution in [1.29, 1.82) is 0 Å². The number of thiophene rings is 1. The van der Waals surface area contributed by atoms with E-state index >= 15 is 0 Å². The average molecular weight is 625 g/mol. The summed E-state index contributed by atoms with van der Waals surface area (Å²) in [6, 6.07) is 26.4. The molecule has 45 heavy (non-hydrogen) atoms. The van der Waals surface area contributed by atoms with Crippen LogP contribution in [-0.2, 0) is 33.6 Å². The number of benzene rings is 3. The van der Waals surface area contributed by atoms with Crippen molar-refractivity contribution >= 4 is 39.8 Å². The lowest BCUT2D eigenvalue weighted by molar-refractivity contribution is -0.146. The van der Waals surface area contributed by atoms with Gasteiger partial charge >= 0.3 is 0 Å². The summed E-state index contributed by atoms with van der Waals surface area (Å²) in [4.78, 5) is 45.4. The van der Waals surface area contributed by atoms with Gasteiger partial charge in [-0.15, -0.1) is 11.3 Å². The molecule has 0 aliphatic carbocycles. The molecule has 3 amide bonds. The highest BCUT2D eigenvalue weighted by Crippen LogP contribution is 2.21. The van der Waals surface area contributed by atoms with Crippen LogP contribution in [0.4, 0.5) is 0 Å². The molecule has 0 radical (unpaired) electrons. The Kier molecular flexibility index (Phi) is 11.7. The van der Waals surface area contributed by atoms with E-state index in [0.29, 0.717) is 32.2 Å². The van der Waals surface area contributed by atoms with Gasteiger partial charge in [0.05, 0.1) is 0 Å². The smallest absolute Gasteiger partial charge is 0.246 e. The third-order valence-electron chi connectivity index (χ3n) is 7.90. The Morgan fingerprint density at radius 3 is 2.24 bits per heavy atom. The van der Waals surface area contributed by atoms with Gasteiger partial charge in [0, 0.05) is 43.9 Å². The molecule has 0 spiro atoms. The maximum Gasteiger partial charge on any atom is 0.246 e. The van der Waals surface area contributed by atoms with Crippen molar-refractivity contribution < 1.29 is 14.4 Å². The van der Waals surface area contributed by atoms with Gasteiger partial charge in [0.1, 0.15) is 12.1 Å². The van der Waals surface area contributed by atoms with E-state index in [-0.39, 0.29) is 17.7 Å². The number of carbonyl (C=O) groups excluding carboxylic acids is 3. The number of nitrogens with one attached hydrogen (secondary N) is 1. The Labute approximate surface area is 270 Å². The van der Waals surface area contributed by atoms with E-state index in [0.717, 1.165) is 26.8 Å². The second-order valence-electron chi connectivity index (χ2n) is 12.2. The summed E-state index contributed by atoms with van der Waals surface area (Å²) < 4.78 is 0. The van der Waals surface area contributed by atoms with Crippen LogP contribution in [0.1, 0.15) is 36.3 Å². The van der Waals surface area contributed by atoms with E-state index in [1.54, 1.807) is 31.5 Å². The minimum atomic E-state index is -0.831. The number of carbonyl (C=O) groups is 3. The zero-order valence-corrected chi connectivity index (χ0v) is 27.4. The second-order valence-corrected chi connectivity index (χ2v) is 13.3. The number of likely N-dealkylation sites (N-methyl/N-ethyl adjacent to an activating group) is 2. The van der Waals surface area contributed by atoms with Gasteiger partial charge in [-0.2, -0.15) is 0 Å². The minimum absolute atomic E-state index is 0.223. The van der Waals surface area contributed by atoms with Crippen LogP contribution in [0, 0.1) is 0 Å². The predicted octanol–water partition coefficient (Wildman–Crippen LogP) is 5.38. The van der Waals surface area contributed by atoms with E-state index in [1.165, 1.54) is 15.9 Å². The van der Waals surface area contributed by atoms with E-state index < -0.39 is 17.6 Å². The van der Waals surface area contributed by atoms with Gasteiger partial charge in [-0.1, -0.05) is 84.9 Å². The van der Waals surface area contributed by atoms with Crippen LogP contribution < -0.4 is 11.1 Å². The maximum absolute atomic E-state index is 14.4. The fourth-order valence-electron chi connectivity index (χ4n) is 5.22. The average Bonchev–Trinajstić information content (AvgIpc) is 3.54. The Balaban J connectivity index is 1.59. The SMILES string of the molecule is CN(C(=O)C=CCC(C)(C)N)[C@H](Cc1ccc2ccccc2c1)C(=O)N(C)[C@H](Cc1cccs1)C(=O)NCCc1ccccc1. The number of rotatable bonds is 14. The van der Waals surface area contributed by atoms with Gasteiger partial charge in [0.25, 0.3) is 0 Å². The van der Waals surface area contributed by atoms with E-state index in [9.17, 15) is 14.4 Å². The molecule has 2 atom stereocenters. The van der Waals surface area contributed by atoms with Crippen LogP contribution in [0.2, 0.25) is 0 Å². The Morgan fingerprint density at radius 2 is 1.56 bits per heavy atom. The monoisotopic (exact) mass is 624 g/mol. The summed E-state index contributed by atoms with van der Waals surface area (Å²) in [6.07, 6.45) is 5.11. The van der Waals surface area contributed by atoms with Crippen molar-refractivity contribution in [3.8, 4) is 0 Å². The molecule has 0 saturated carbocycles. The molecule has 7 nitrogen and oxygen atoms in total. The summed E-state index contributed by atoms with van der Waals surface area (Å²) in [5, 5.41) is 7.17. The number of amides is 3. The number of hydrogen-bond acceptors (Lipinski definition) is 5. The molecule has 0 saturated heterocycles. The zero-order valence-electron chi connectivity index (χ0n) is 26.6. The highest BCUT2D eigenvalue weighted by Gasteiger charge is 2.35.